The number of hydrogen-bond donors (Lipinski definition) is 2. The van der Waals surface area contributed by atoms with E-state index in [1.54, 1.807) is 145 Å². The van der Waals surface area contributed by atoms with Crippen LogP contribution in [0.15, 0.2) is 199 Å². The van der Waals surface area contributed by atoms with E-state index in [0.717, 1.165) is 38.9 Å². The van der Waals surface area contributed by atoms with Gasteiger partial charge in [-0.05, 0) is 192 Å². The molecule has 20 rings (SSSR count). The minimum Gasteiger partial charge on any atom is -0.449 e. The van der Waals surface area contributed by atoms with Crippen LogP contribution in [0.25, 0.3) is 89.4 Å². The third-order valence-corrected chi connectivity index (χ3v) is 27.4. The summed E-state index contributed by atoms with van der Waals surface area (Å²) in [5.41, 5.74) is 9.58. The molecule has 0 aliphatic carbocycles. The van der Waals surface area contributed by atoms with E-state index in [1.807, 2.05) is 86.6 Å². The van der Waals surface area contributed by atoms with Crippen LogP contribution in [0.4, 0.5) is 23.2 Å². The molecule has 39 heteroatoms. The Hall–Kier alpha value is -16.0. The highest BCUT2D eigenvalue weighted by atomic mass is 35.5. The van der Waals surface area contributed by atoms with Crippen molar-refractivity contribution in [2.75, 3.05) is 76.9 Å². The highest BCUT2D eigenvalue weighted by Crippen LogP contribution is 2.44. The van der Waals surface area contributed by atoms with Gasteiger partial charge >= 0.3 is 11.8 Å². The fourth-order valence-electron chi connectivity index (χ4n) is 19.0. The van der Waals surface area contributed by atoms with E-state index in [2.05, 4.69) is 108 Å². The topological polar surface area (TPSA) is 402 Å². The van der Waals surface area contributed by atoms with E-state index in [9.17, 15) is 55.9 Å². The number of amides is 8. The quantitative estimate of drug-likeness (QED) is 0.107. The van der Waals surface area contributed by atoms with Crippen molar-refractivity contribution >= 4 is 109 Å². The first-order chi connectivity index (χ1) is 70.6. The van der Waals surface area contributed by atoms with Gasteiger partial charge in [-0.15, -0.1) is 10.2 Å². The Bertz CT molecular complexity index is 7870. The third-order valence-electron chi connectivity index (χ3n) is 27.0. The number of nitrogens with zero attached hydrogens (tertiary/aromatic N) is 19. The van der Waals surface area contributed by atoms with Crippen LogP contribution in [-0.2, 0) is 26.5 Å². The molecule has 4 aromatic carbocycles. The molecule has 0 spiro atoms. The Balaban J connectivity index is 0.000000136. The number of carbonyl (C=O) groups excluding carboxylic acids is 8. The lowest BCUT2D eigenvalue weighted by Gasteiger charge is -2.46. The average Bonchev–Trinajstić information content (AvgIpc) is 1.58. The molecule has 0 unspecified atom stereocenters. The number of carbonyl (C=O) groups is 8. The van der Waals surface area contributed by atoms with Gasteiger partial charge in [0, 0.05) is 166 Å². The minimum atomic E-state index is -1.09. The maximum Gasteiger partial charge on any atom is 0.311 e. The van der Waals surface area contributed by atoms with Crippen LogP contribution in [0.3, 0.4) is 0 Å². The summed E-state index contributed by atoms with van der Waals surface area (Å²) in [4.78, 5) is 151. The maximum absolute atomic E-state index is 14.2. The summed E-state index contributed by atoms with van der Waals surface area (Å²) in [5, 5.41) is 20.6. The van der Waals surface area contributed by atoms with E-state index in [0.29, 0.717) is 156 Å². The molecule has 0 radical (unpaired) electrons. The zero-order valence-electron chi connectivity index (χ0n) is 87.2. The lowest BCUT2D eigenvalue weighted by molar-refractivity contribution is -0.129. The molecule has 150 heavy (non-hydrogen) atoms. The zero-order valence-corrected chi connectivity index (χ0v) is 88.0. The first kappa shape index (κ1) is 105. The number of piperazine rings is 4. The SMILES string of the molecule is CC(C)(C)c1cc(-c2ccc(Cl)c(F)c2)nc2cc(C(=O)N3CCN(C(=O)c4ncn[nH]4)CC3(C)C)oc12.CC(C)(C)c1cc(-c2ccc(F)cc2)nc2cc(C(=O)N3CCN(C(=O)c4ncccn4)CC3(C)C)oc12.CC(C)(C)c1cc(-c2ccc(F)cc2)nc2cc(C(=O)N3CCN(c4cn[nH]c4)C(=O)C3(C)C)oc12.Cc1nnc(C(=O)N2CCN(C(=O)c3cc4nc(-c5ccc(F)cc5)cc(C(C)(C)C)c4o3)C(C)(C)C2)o1. The molecular weight excluding hydrogens is 1950 g/mol. The van der Waals surface area contributed by atoms with E-state index in [1.165, 1.54) is 67.3 Å². The van der Waals surface area contributed by atoms with Crippen molar-refractivity contribution in [1.29, 1.82) is 0 Å². The predicted octanol–water partition coefficient (Wildman–Crippen LogP) is 20.1. The fourth-order valence-corrected chi connectivity index (χ4v) is 19.2. The Kier molecular flexibility index (Phi) is 28.2. The first-order valence-electron chi connectivity index (χ1n) is 49.0. The zero-order chi connectivity index (χ0) is 108. The van der Waals surface area contributed by atoms with Gasteiger partial charge in [-0.3, -0.25) is 48.6 Å². The number of H-pyrrole nitrogens is 2. The molecular formula is C111H116ClF4N21O13. The number of halogens is 5. The number of hydrogen-bond acceptors (Lipinski definition) is 24. The van der Waals surface area contributed by atoms with Gasteiger partial charge in [0.1, 0.15) is 57.2 Å². The average molecular weight is 2060 g/mol. The van der Waals surface area contributed by atoms with Gasteiger partial charge in [-0.1, -0.05) is 101 Å². The Morgan fingerprint density at radius 2 is 0.747 bits per heavy atom. The number of furan rings is 4. The molecule has 16 heterocycles. The molecule has 0 bridgehead atoms. The number of fused-ring (bicyclic) bond motifs is 4. The summed E-state index contributed by atoms with van der Waals surface area (Å²) in [5.74, 6) is -2.60. The van der Waals surface area contributed by atoms with Crippen molar-refractivity contribution in [3.8, 4) is 45.0 Å². The van der Waals surface area contributed by atoms with Crippen molar-refractivity contribution in [3.05, 3.63) is 274 Å². The molecule has 34 nitrogen and oxygen atoms in total. The molecule has 2 N–H and O–H groups in total. The summed E-state index contributed by atoms with van der Waals surface area (Å²) in [6.45, 7) is 44.7. The second-order valence-electron chi connectivity index (χ2n) is 44.1. The summed E-state index contributed by atoms with van der Waals surface area (Å²) in [6.07, 6.45) is 7.60. The number of aromatic nitrogens is 13. The molecule has 0 atom stereocenters. The van der Waals surface area contributed by atoms with Crippen LogP contribution in [0.2, 0.25) is 5.02 Å². The largest absolute Gasteiger partial charge is 0.449 e. The van der Waals surface area contributed by atoms with Crippen LogP contribution in [0.5, 0.6) is 0 Å². The number of anilines is 1. The summed E-state index contributed by atoms with van der Waals surface area (Å²) in [7, 11) is 0. The number of aromatic amines is 2. The van der Waals surface area contributed by atoms with E-state index in [4.69, 9.17) is 53.6 Å². The molecule has 4 aliphatic rings. The van der Waals surface area contributed by atoms with Crippen molar-refractivity contribution in [1.82, 2.24) is 99.8 Å². The number of pyridine rings is 4. The van der Waals surface area contributed by atoms with E-state index < -0.39 is 28.0 Å². The van der Waals surface area contributed by atoms with Gasteiger partial charge in [0.25, 0.3) is 41.4 Å². The highest BCUT2D eigenvalue weighted by molar-refractivity contribution is 6.30. The third kappa shape index (κ3) is 21.7. The molecule has 4 aliphatic heterocycles. The van der Waals surface area contributed by atoms with Crippen molar-refractivity contribution in [3.63, 3.8) is 0 Å². The monoisotopic (exact) mass is 2060 g/mol. The normalized spacial score (nSPS) is 15.8. The van der Waals surface area contributed by atoms with Crippen molar-refractivity contribution in [2.24, 2.45) is 0 Å². The molecule has 4 fully saturated rings. The standard InChI is InChI=1S/C29H30FN5O3.C28H30FN5O4.C27H28ClFN6O3.C27H28FN5O3/c1-28(2,3)20-15-21(18-7-9-19(30)10-8-18)33-22-16-23(38-24(20)22)26(36)35-14-13-34(17-29(35,4)5)27(37)25-31-11-6-12-32-25;1-16-31-32-24(37-16)26(36)33-11-12-34(28(5,6)15-33)25(35)22-14-21-23(38-22)19(27(2,3)4)13-20(30-21)17-7-9-18(29)10-8-17;1-26(2,3)16-11-19(15-6-7-17(28)18(29)10-15)32-20-12-21(38-22(16)20)24(36)35-9-8-34(13-27(35,4)5)25(37)23-30-14-31-33-23;1-26(2,3)19-12-20(16-6-8-17(28)9-7-16)31-21-13-22(36-23(19)21)24(34)33-11-10-32(18-14-29-30-15-18)25(35)27(33,4)5/h6-12,15-16H,13-14,17H2,1-5H3;7-10,13-14H,11-12,15H2,1-6H3;6-7,10-12,14H,8-9,13H2,1-5H3,(H,30,31,33);6-9,12-15H,10-11H2,1-5H3,(H,29,30). The van der Waals surface area contributed by atoms with Gasteiger partial charge in [0.15, 0.2) is 45.4 Å². The Morgan fingerprint density at radius 3 is 1.08 bits per heavy atom. The van der Waals surface area contributed by atoms with Crippen LogP contribution >= 0.6 is 11.6 Å². The number of nitrogens with one attached hydrogen (secondary N) is 2. The Labute approximate surface area is 866 Å². The Morgan fingerprint density at radius 1 is 0.393 bits per heavy atom. The number of rotatable bonds is 12. The van der Waals surface area contributed by atoms with E-state index >= 15 is 0 Å². The lowest BCUT2D eigenvalue weighted by atomic mass is 9.86. The predicted molar refractivity (Wildman–Crippen MR) is 554 cm³/mol. The summed E-state index contributed by atoms with van der Waals surface area (Å²) >= 11 is 5.87. The summed E-state index contributed by atoms with van der Waals surface area (Å²) < 4.78 is 84.6. The number of aryl methyl sites for hydroxylation is 1. The van der Waals surface area contributed by atoms with E-state index in [-0.39, 0.29) is 132 Å². The second kappa shape index (κ2) is 40.2. The van der Waals surface area contributed by atoms with Gasteiger partial charge in [0.05, 0.1) is 56.3 Å². The van der Waals surface area contributed by atoms with Crippen LogP contribution < -0.4 is 4.90 Å². The maximum atomic E-state index is 14.2. The lowest BCUT2D eigenvalue weighted by Crippen LogP contribution is -2.64. The fraction of sp³-hybridized carbons (Fsp3) is 0.360. The minimum absolute atomic E-state index is 0.0345. The van der Waals surface area contributed by atoms with Gasteiger partial charge < -0.3 is 61.3 Å². The van der Waals surface area contributed by atoms with Gasteiger partial charge in [-0.2, -0.15) is 10.2 Å². The van der Waals surface area contributed by atoms with Gasteiger partial charge in [0.2, 0.25) is 17.5 Å². The summed E-state index contributed by atoms with van der Waals surface area (Å²) in [6, 6.07) is 38.9. The van der Waals surface area contributed by atoms with Gasteiger partial charge in [-0.25, -0.2) is 52.4 Å². The molecule has 16 aromatic rings. The second-order valence-corrected chi connectivity index (χ2v) is 44.5. The molecule has 4 saturated heterocycles. The van der Waals surface area contributed by atoms with Crippen molar-refractivity contribution in [2.45, 2.75) is 189 Å². The molecule has 778 valence electrons. The van der Waals surface area contributed by atoms with Crippen LogP contribution in [-0.4, -0.2) is 241 Å². The van der Waals surface area contributed by atoms with Crippen LogP contribution in [0, 0.1) is 30.2 Å². The smallest absolute Gasteiger partial charge is 0.311 e. The molecule has 0 saturated carbocycles. The van der Waals surface area contributed by atoms with Crippen LogP contribution in [0.1, 0.15) is 241 Å². The van der Waals surface area contributed by atoms with Crippen molar-refractivity contribution < 1.29 is 78.0 Å². The molecule has 12 aromatic heterocycles. The highest BCUT2D eigenvalue weighted by Gasteiger charge is 2.49. The molecule has 8 amide bonds. The number of benzene rings is 4. The first-order valence-corrected chi connectivity index (χ1v) is 49.4.